The van der Waals surface area contributed by atoms with Gasteiger partial charge >= 0.3 is 5.97 Å². The van der Waals surface area contributed by atoms with Gasteiger partial charge in [-0.15, -0.1) is 10.2 Å². The molecule has 0 aliphatic rings. The summed E-state index contributed by atoms with van der Waals surface area (Å²) in [7, 11) is 1.30. The normalized spacial score (nSPS) is 10.6. The molecule has 0 atom stereocenters. The molecule has 3 heterocycles. The topological polar surface area (TPSA) is 120 Å². The van der Waals surface area contributed by atoms with E-state index in [0.29, 0.717) is 39.3 Å². The van der Waals surface area contributed by atoms with Gasteiger partial charge in [-0.05, 0) is 42.5 Å². The molecule has 10 heteroatoms. The summed E-state index contributed by atoms with van der Waals surface area (Å²) in [4.78, 5) is 28.5. The highest BCUT2D eigenvalue weighted by Gasteiger charge is 2.18. The van der Waals surface area contributed by atoms with Crippen LogP contribution in [0.2, 0.25) is 0 Å². The Bertz CT molecular complexity index is 1190. The Labute approximate surface area is 180 Å². The third-order valence-electron chi connectivity index (χ3n) is 4.08. The van der Waals surface area contributed by atoms with E-state index < -0.39 is 5.97 Å². The Morgan fingerprint density at radius 1 is 1.00 bits per heavy atom. The Kier molecular flexibility index (Phi) is 6.08. The zero-order valence-electron chi connectivity index (χ0n) is 16.3. The van der Waals surface area contributed by atoms with Gasteiger partial charge in [-0.2, -0.15) is 0 Å². The number of carbonyl (C=O) groups is 2. The average Bonchev–Trinajstić information content (AvgIpc) is 3.51. The number of thioether (sulfide) groups is 1. The molecule has 4 rings (SSSR count). The van der Waals surface area contributed by atoms with Gasteiger partial charge in [-0.3, -0.25) is 4.79 Å². The van der Waals surface area contributed by atoms with Crippen LogP contribution in [0.5, 0.6) is 0 Å². The van der Waals surface area contributed by atoms with E-state index in [0.717, 1.165) is 11.8 Å². The fourth-order valence-corrected chi connectivity index (χ4v) is 3.29. The van der Waals surface area contributed by atoms with Crippen molar-refractivity contribution in [3.8, 4) is 22.9 Å². The van der Waals surface area contributed by atoms with Crippen LogP contribution in [0, 0.1) is 0 Å². The lowest BCUT2D eigenvalue weighted by Crippen LogP contribution is -2.15. The molecule has 0 radical (unpaired) electrons. The van der Waals surface area contributed by atoms with E-state index in [1.54, 1.807) is 48.5 Å². The molecule has 156 valence electrons. The van der Waals surface area contributed by atoms with Crippen molar-refractivity contribution in [1.29, 1.82) is 0 Å². The number of nitrogens with zero attached hydrogens (tertiary/aromatic N) is 3. The fraction of sp³-hybridized carbons (Fsp3) is 0.0952. The molecule has 1 N–H and O–H groups in total. The predicted octanol–water partition coefficient (Wildman–Crippen LogP) is 3.91. The maximum atomic E-state index is 12.3. The number of aromatic nitrogens is 3. The van der Waals surface area contributed by atoms with E-state index in [1.807, 2.05) is 0 Å². The molecule has 0 bridgehead atoms. The highest BCUT2D eigenvalue weighted by molar-refractivity contribution is 7.99. The number of methoxy groups -OCH3 is 1. The van der Waals surface area contributed by atoms with E-state index in [-0.39, 0.29) is 11.7 Å². The molecule has 0 saturated carbocycles. The number of esters is 1. The van der Waals surface area contributed by atoms with E-state index in [2.05, 4.69) is 25.2 Å². The molecule has 9 nitrogen and oxygen atoms in total. The summed E-state index contributed by atoms with van der Waals surface area (Å²) >= 11 is 1.12. The number of hydrogen-bond acceptors (Lipinski definition) is 9. The number of anilines is 1. The highest BCUT2D eigenvalue weighted by atomic mass is 32.2. The monoisotopic (exact) mass is 436 g/mol. The van der Waals surface area contributed by atoms with Crippen LogP contribution in [0.15, 0.2) is 75.0 Å². The van der Waals surface area contributed by atoms with Crippen molar-refractivity contribution in [2.45, 2.75) is 5.16 Å². The van der Waals surface area contributed by atoms with E-state index >= 15 is 0 Å². The lowest BCUT2D eigenvalue weighted by Gasteiger charge is -2.07. The molecular weight excluding hydrogens is 420 g/mol. The summed E-state index contributed by atoms with van der Waals surface area (Å²) in [6.07, 6.45) is 3.07. The summed E-state index contributed by atoms with van der Waals surface area (Å²) in [5.41, 5.74) is 1.73. The zero-order valence-corrected chi connectivity index (χ0v) is 17.1. The molecule has 0 aliphatic heterocycles. The third-order valence-corrected chi connectivity index (χ3v) is 4.91. The van der Waals surface area contributed by atoms with Crippen molar-refractivity contribution in [3.63, 3.8) is 0 Å². The first-order valence-corrected chi connectivity index (χ1v) is 10.1. The third kappa shape index (κ3) is 4.81. The lowest BCUT2D eigenvalue weighted by atomic mass is 10.2. The second-order valence-electron chi connectivity index (χ2n) is 6.16. The minimum atomic E-state index is -0.480. The number of benzene rings is 1. The van der Waals surface area contributed by atoms with Gasteiger partial charge in [-0.25, -0.2) is 9.78 Å². The molecule has 31 heavy (non-hydrogen) atoms. The van der Waals surface area contributed by atoms with Crippen LogP contribution in [0.1, 0.15) is 10.4 Å². The standard InChI is InChI=1S/C21H16N4O5S/c1-28-20(27)13-5-2-6-14(11-13)22-17(26)12-31-21-23-18(15-7-3-9-29-15)19(24-25-21)16-8-4-10-30-16/h2-11H,12H2,1H3,(H,22,26). The number of hydrogen-bond donors (Lipinski definition) is 1. The molecule has 0 spiro atoms. The van der Waals surface area contributed by atoms with Crippen LogP contribution >= 0.6 is 11.8 Å². The van der Waals surface area contributed by atoms with Crippen molar-refractivity contribution in [2.75, 3.05) is 18.2 Å². The number of carbonyl (C=O) groups excluding carboxylic acids is 2. The maximum absolute atomic E-state index is 12.3. The summed E-state index contributed by atoms with van der Waals surface area (Å²) in [6, 6.07) is 13.5. The van der Waals surface area contributed by atoms with Gasteiger partial charge in [0.2, 0.25) is 11.1 Å². The Morgan fingerprint density at radius 2 is 1.74 bits per heavy atom. The number of ether oxygens (including phenoxy) is 1. The number of furan rings is 2. The molecule has 0 saturated heterocycles. The summed E-state index contributed by atoms with van der Waals surface area (Å²) in [5.74, 6) is 0.290. The van der Waals surface area contributed by atoms with Crippen molar-refractivity contribution in [2.24, 2.45) is 0 Å². The molecule has 3 aromatic heterocycles. The number of rotatable bonds is 7. The molecular formula is C21H16N4O5S. The molecule has 0 unspecified atom stereocenters. The molecule has 4 aromatic rings. The van der Waals surface area contributed by atoms with Crippen LogP contribution in [-0.2, 0) is 9.53 Å². The first-order chi connectivity index (χ1) is 15.1. The average molecular weight is 436 g/mol. The van der Waals surface area contributed by atoms with Gasteiger partial charge in [0.1, 0.15) is 5.69 Å². The minimum absolute atomic E-state index is 0.0435. The van der Waals surface area contributed by atoms with Crippen LogP contribution < -0.4 is 5.32 Å². The Balaban J connectivity index is 1.47. The number of amides is 1. The van der Waals surface area contributed by atoms with Gasteiger partial charge < -0.3 is 18.9 Å². The summed E-state index contributed by atoms with van der Waals surface area (Å²) in [5, 5.41) is 11.3. The molecule has 1 aromatic carbocycles. The number of nitrogens with one attached hydrogen (secondary N) is 1. The van der Waals surface area contributed by atoms with Crippen LogP contribution in [0.3, 0.4) is 0 Å². The SMILES string of the molecule is COC(=O)c1cccc(NC(=O)CSc2nnc(-c3ccco3)c(-c3ccco3)n2)c1. The Hall–Kier alpha value is -3.92. The second-order valence-corrected chi connectivity index (χ2v) is 7.10. The van der Waals surface area contributed by atoms with Gasteiger partial charge in [0.25, 0.3) is 0 Å². The van der Waals surface area contributed by atoms with E-state index in [4.69, 9.17) is 8.83 Å². The molecule has 1 amide bonds. The molecule has 0 aliphatic carbocycles. The predicted molar refractivity (Wildman–Crippen MR) is 112 cm³/mol. The highest BCUT2D eigenvalue weighted by Crippen LogP contribution is 2.30. The van der Waals surface area contributed by atoms with Crippen LogP contribution in [-0.4, -0.2) is 39.9 Å². The first-order valence-electron chi connectivity index (χ1n) is 9.07. The molecule has 0 fully saturated rings. The van der Waals surface area contributed by atoms with Crippen molar-refractivity contribution < 1.29 is 23.2 Å². The van der Waals surface area contributed by atoms with Crippen LogP contribution in [0.25, 0.3) is 22.9 Å². The zero-order chi connectivity index (χ0) is 21.6. The minimum Gasteiger partial charge on any atom is -0.465 e. The quantitative estimate of drug-likeness (QED) is 0.339. The van der Waals surface area contributed by atoms with Crippen molar-refractivity contribution in [3.05, 3.63) is 66.6 Å². The van der Waals surface area contributed by atoms with E-state index in [9.17, 15) is 9.59 Å². The van der Waals surface area contributed by atoms with Crippen molar-refractivity contribution >= 4 is 29.3 Å². The summed E-state index contributed by atoms with van der Waals surface area (Å²) < 4.78 is 15.6. The van der Waals surface area contributed by atoms with Crippen LogP contribution in [0.4, 0.5) is 5.69 Å². The van der Waals surface area contributed by atoms with Gasteiger partial charge in [0.05, 0.1) is 31.0 Å². The van der Waals surface area contributed by atoms with E-state index in [1.165, 1.54) is 19.6 Å². The van der Waals surface area contributed by atoms with Gasteiger partial charge in [-0.1, -0.05) is 17.8 Å². The second kappa shape index (κ2) is 9.26. The summed E-state index contributed by atoms with van der Waals surface area (Å²) in [6.45, 7) is 0. The Morgan fingerprint density at radius 3 is 2.42 bits per heavy atom. The smallest absolute Gasteiger partial charge is 0.337 e. The van der Waals surface area contributed by atoms with Gasteiger partial charge in [0, 0.05) is 5.69 Å². The maximum Gasteiger partial charge on any atom is 0.337 e. The largest absolute Gasteiger partial charge is 0.465 e. The lowest BCUT2D eigenvalue weighted by molar-refractivity contribution is -0.113. The van der Waals surface area contributed by atoms with Gasteiger partial charge in [0.15, 0.2) is 17.2 Å². The first kappa shape index (κ1) is 20.4. The fourth-order valence-electron chi connectivity index (χ4n) is 2.71. The van der Waals surface area contributed by atoms with Crippen molar-refractivity contribution in [1.82, 2.24) is 15.2 Å².